The number of nitrogens with one attached hydrogen (secondary N) is 2. The number of carbonyl (C=O) groups excluding carboxylic acids is 1. The average Bonchev–Trinajstić information content (AvgIpc) is 2.90. The van der Waals surface area contributed by atoms with E-state index in [0.717, 1.165) is 58.2 Å². The summed E-state index contributed by atoms with van der Waals surface area (Å²) >= 11 is 0. The molecule has 1 aliphatic heterocycles. The fraction of sp³-hybridized carbons (Fsp3) is 0.800. The second kappa shape index (κ2) is 7.09. The van der Waals surface area contributed by atoms with Crippen LogP contribution in [0.1, 0.15) is 38.5 Å². The van der Waals surface area contributed by atoms with Gasteiger partial charge >= 0.3 is 6.03 Å². The molecule has 2 rings (SSSR count). The molecule has 5 nitrogen and oxygen atoms in total. The molecule has 0 aromatic rings. The van der Waals surface area contributed by atoms with E-state index in [9.17, 15) is 9.90 Å². The molecule has 1 heterocycles. The number of piperidine rings is 1. The summed E-state index contributed by atoms with van der Waals surface area (Å²) in [4.78, 5) is 14.4. The van der Waals surface area contributed by atoms with E-state index >= 15 is 0 Å². The predicted molar refractivity (Wildman–Crippen MR) is 79.6 cm³/mol. The second-order valence-electron chi connectivity index (χ2n) is 6.11. The van der Waals surface area contributed by atoms with Crippen LogP contribution < -0.4 is 10.6 Å². The van der Waals surface area contributed by atoms with Crippen molar-refractivity contribution in [3.8, 4) is 0 Å². The Morgan fingerprint density at radius 3 is 2.55 bits per heavy atom. The lowest BCUT2D eigenvalue weighted by Crippen LogP contribution is -2.55. The van der Waals surface area contributed by atoms with Gasteiger partial charge in [0.25, 0.3) is 0 Å². The standard InChI is InChI=1S/C15H27N3O2/c1-2-9-18-10-5-13(6-11-18)16-14(20)17-15(12-19)7-3-4-8-15/h2,13,19H,1,3-12H2,(H2,16,17,20). The van der Waals surface area contributed by atoms with Gasteiger partial charge in [0.1, 0.15) is 0 Å². The molecule has 1 aliphatic carbocycles. The first kappa shape index (κ1) is 15.3. The Kier molecular flexibility index (Phi) is 5.43. The largest absolute Gasteiger partial charge is 0.394 e. The summed E-state index contributed by atoms with van der Waals surface area (Å²) in [7, 11) is 0. The normalized spacial score (nSPS) is 23.4. The molecule has 1 saturated heterocycles. The lowest BCUT2D eigenvalue weighted by molar-refractivity contribution is 0.157. The van der Waals surface area contributed by atoms with Gasteiger partial charge in [-0.25, -0.2) is 4.79 Å². The number of aliphatic hydroxyl groups is 1. The highest BCUT2D eigenvalue weighted by Gasteiger charge is 2.35. The van der Waals surface area contributed by atoms with Crippen molar-refractivity contribution < 1.29 is 9.90 Å². The Morgan fingerprint density at radius 1 is 1.35 bits per heavy atom. The summed E-state index contributed by atoms with van der Waals surface area (Å²) in [5, 5.41) is 15.6. The summed E-state index contributed by atoms with van der Waals surface area (Å²) in [6.07, 6.45) is 7.82. The van der Waals surface area contributed by atoms with Gasteiger partial charge in [-0.3, -0.25) is 4.90 Å². The smallest absolute Gasteiger partial charge is 0.315 e. The average molecular weight is 281 g/mol. The molecule has 2 amide bonds. The molecule has 1 saturated carbocycles. The zero-order valence-electron chi connectivity index (χ0n) is 12.2. The SMILES string of the molecule is C=CCN1CCC(NC(=O)NC2(CO)CCCC2)CC1. The second-order valence-corrected chi connectivity index (χ2v) is 6.11. The van der Waals surface area contributed by atoms with Gasteiger partial charge in [0.05, 0.1) is 12.1 Å². The van der Waals surface area contributed by atoms with E-state index in [-0.39, 0.29) is 24.2 Å². The Labute approximate surface area is 121 Å². The molecule has 20 heavy (non-hydrogen) atoms. The Morgan fingerprint density at radius 2 is 2.00 bits per heavy atom. The van der Waals surface area contributed by atoms with Crippen LogP contribution in [0.4, 0.5) is 4.79 Å². The maximum absolute atomic E-state index is 12.1. The van der Waals surface area contributed by atoms with Crippen molar-refractivity contribution in [1.82, 2.24) is 15.5 Å². The molecule has 5 heteroatoms. The van der Waals surface area contributed by atoms with E-state index in [1.54, 1.807) is 0 Å². The molecule has 0 spiro atoms. The summed E-state index contributed by atoms with van der Waals surface area (Å²) in [5.41, 5.74) is -0.381. The molecule has 0 aromatic carbocycles. The highest BCUT2D eigenvalue weighted by molar-refractivity contribution is 5.75. The van der Waals surface area contributed by atoms with E-state index in [1.165, 1.54) is 0 Å². The van der Waals surface area contributed by atoms with Crippen LogP contribution in [-0.2, 0) is 0 Å². The number of aliphatic hydroxyl groups excluding tert-OH is 1. The highest BCUT2D eigenvalue weighted by atomic mass is 16.3. The lowest BCUT2D eigenvalue weighted by atomic mass is 9.99. The molecule has 0 atom stereocenters. The first-order valence-electron chi connectivity index (χ1n) is 7.70. The Hall–Kier alpha value is -1.07. The van der Waals surface area contributed by atoms with Gasteiger partial charge in [0.15, 0.2) is 0 Å². The van der Waals surface area contributed by atoms with Crippen molar-refractivity contribution in [3.05, 3.63) is 12.7 Å². The molecule has 0 aromatic heterocycles. The van der Waals surface area contributed by atoms with Crippen molar-refractivity contribution in [3.63, 3.8) is 0 Å². The third-order valence-electron chi connectivity index (χ3n) is 4.55. The highest BCUT2D eigenvalue weighted by Crippen LogP contribution is 2.29. The van der Waals surface area contributed by atoms with E-state index in [2.05, 4.69) is 22.1 Å². The van der Waals surface area contributed by atoms with Crippen molar-refractivity contribution in [1.29, 1.82) is 0 Å². The molecule has 114 valence electrons. The van der Waals surface area contributed by atoms with Crippen molar-refractivity contribution in [2.75, 3.05) is 26.2 Å². The Bertz CT molecular complexity index is 332. The summed E-state index contributed by atoms with van der Waals surface area (Å²) in [6.45, 7) is 6.72. The van der Waals surface area contributed by atoms with E-state index in [0.29, 0.717) is 0 Å². The fourth-order valence-electron chi connectivity index (χ4n) is 3.28. The van der Waals surface area contributed by atoms with E-state index < -0.39 is 0 Å². The van der Waals surface area contributed by atoms with E-state index in [1.807, 2.05) is 6.08 Å². The van der Waals surface area contributed by atoms with Crippen LogP contribution >= 0.6 is 0 Å². The number of hydrogen-bond acceptors (Lipinski definition) is 3. The van der Waals surface area contributed by atoms with Crippen LogP contribution in [0.25, 0.3) is 0 Å². The molecule has 0 radical (unpaired) electrons. The minimum absolute atomic E-state index is 0.0399. The van der Waals surface area contributed by atoms with Crippen molar-refractivity contribution in [2.24, 2.45) is 0 Å². The van der Waals surface area contributed by atoms with Crippen molar-refractivity contribution >= 4 is 6.03 Å². The van der Waals surface area contributed by atoms with Crippen LogP contribution in [0.5, 0.6) is 0 Å². The maximum atomic E-state index is 12.1. The number of hydrogen-bond donors (Lipinski definition) is 3. The topological polar surface area (TPSA) is 64.6 Å². The maximum Gasteiger partial charge on any atom is 0.315 e. The number of carbonyl (C=O) groups is 1. The third-order valence-corrected chi connectivity index (χ3v) is 4.55. The van der Waals surface area contributed by atoms with Gasteiger partial charge in [-0.1, -0.05) is 18.9 Å². The first-order chi connectivity index (χ1) is 9.67. The van der Waals surface area contributed by atoms with Crippen LogP contribution in [-0.4, -0.2) is 53.9 Å². The van der Waals surface area contributed by atoms with Crippen LogP contribution in [0, 0.1) is 0 Å². The Balaban J connectivity index is 1.73. The molecule has 0 unspecified atom stereocenters. The molecule has 0 bridgehead atoms. The fourth-order valence-corrected chi connectivity index (χ4v) is 3.28. The van der Waals surface area contributed by atoms with Gasteiger partial charge < -0.3 is 15.7 Å². The molecule has 2 fully saturated rings. The van der Waals surface area contributed by atoms with Crippen LogP contribution in [0.3, 0.4) is 0 Å². The zero-order valence-corrected chi connectivity index (χ0v) is 12.2. The summed E-state index contributed by atoms with van der Waals surface area (Å²) < 4.78 is 0. The zero-order chi connectivity index (χ0) is 14.4. The summed E-state index contributed by atoms with van der Waals surface area (Å²) in [5.74, 6) is 0. The minimum Gasteiger partial charge on any atom is -0.394 e. The number of rotatable bonds is 5. The lowest BCUT2D eigenvalue weighted by Gasteiger charge is -2.33. The quantitative estimate of drug-likeness (QED) is 0.664. The van der Waals surface area contributed by atoms with E-state index in [4.69, 9.17) is 0 Å². The van der Waals surface area contributed by atoms with Gasteiger partial charge in [-0.2, -0.15) is 0 Å². The molecule has 2 aliphatic rings. The number of amides is 2. The predicted octanol–water partition coefficient (Wildman–Crippen LogP) is 1.24. The van der Waals surface area contributed by atoms with Gasteiger partial charge in [-0.15, -0.1) is 6.58 Å². The molecular weight excluding hydrogens is 254 g/mol. The monoisotopic (exact) mass is 281 g/mol. The van der Waals surface area contributed by atoms with Gasteiger partial charge in [-0.05, 0) is 25.7 Å². The number of urea groups is 1. The minimum atomic E-state index is -0.381. The van der Waals surface area contributed by atoms with Gasteiger partial charge in [0, 0.05) is 25.7 Å². The van der Waals surface area contributed by atoms with Crippen LogP contribution in [0.2, 0.25) is 0 Å². The first-order valence-corrected chi connectivity index (χ1v) is 7.70. The third kappa shape index (κ3) is 3.96. The molecule has 3 N–H and O–H groups in total. The number of likely N-dealkylation sites (tertiary alicyclic amines) is 1. The molecular formula is C15H27N3O2. The van der Waals surface area contributed by atoms with Gasteiger partial charge in [0.2, 0.25) is 0 Å². The number of nitrogens with zero attached hydrogens (tertiary/aromatic N) is 1. The summed E-state index contributed by atoms with van der Waals surface area (Å²) in [6, 6.07) is 0.122. The van der Waals surface area contributed by atoms with Crippen LogP contribution in [0.15, 0.2) is 12.7 Å². The van der Waals surface area contributed by atoms with Crippen molar-refractivity contribution in [2.45, 2.75) is 50.1 Å².